The molecule has 1 saturated heterocycles. The summed E-state index contributed by atoms with van der Waals surface area (Å²) in [6.45, 7) is -0.533. The Morgan fingerprint density at radius 1 is 0.833 bits per heavy atom. The number of halogens is 3. The highest BCUT2D eigenvalue weighted by Crippen LogP contribution is 2.40. The molecular weight excluding hydrogens is 599 g/mol. The van der Waals surface area contributed by atoms with Crippen molar-refractivity contribution in [3.8, 4) is 11.3 Å². The number of carbonyl (C=O) groups excluding carboxylic acids is 4. The minimum absolute atomic E-state index is 0.146. The Morgan fingerprint density at radius 3 is 2.19 bits per heavy atom. The number of para-hydroxylation sites is 1. The summed E-state index contributed by atoms with van der Waals surface area (Å²) < 4.78 is 5.39. The molecule has 7 nitrogen and oxygen atoms in total. The van der Waals surface area contributed by atoms with Crippen molar-refractivity contribution >= 4 is 75.0 Å². The van der Waals surface area contributed by atoms with E-state index >= 15 is 0 Å². The number of carbonyl (C=O) groups is 4. The van der Waals surface area contributed by atoms with Gasteiger partial charge in [-0.05, 0) is 55.3 Å². The number of amides is 2. The number of Topliss-reactive ketones (excluding diaryl/α,β-unsaturated/α-hetero) is 1. The summed E-state index contributed by atoms with van der Waals surface area (Å²) in [5.74, 6) is -2.00. The van der Waals surface area contributed by atoms with E-state index in [1.807, 2.05) is 0 Å². The number of pyridine rings is 1. The van der Waals surface area contributed by atoms with E-state index in [9.17, 15) is 19.2 Å². The van der Waals surface area contributed by atoms with Crippen molar-refractivity contribution in [1.29, 1.82) is 0 Å². The van der Waals surface area contributed by atoms with Gasteiger partial charge in [0.1, 0.15) is 0 Å². The molecule has 1 aliphatic heterocycles. The predicted molar refractivity (Wildman–Crippen MR) is 161 cm³/mol. The third kappa shape index (κ3) is 5.17. The van der Waals surface area contributed by atoms with Crippen LogP contribution in [0.4, 0.5) is 5.69 Å². The Kier molecular flexibility index (Phi) is 7.75. The smallest absolute Gasteiger partial charge is 0.339 e. The van der Waals surface area contributed by atoms with Crippen molar-refractivity contribution in [1.82, 2.24) is 4.98 Å². The summed E-state index contributed by atoms with van der Waals surface area (Å²) in [4.78, 5) is 58.0. The SMILES string of the molecule is O=C(COC(=O)c1cc(-c2ccc(N3C(=O)C4CCCCC4C3=O)cc2)nc2c(Cl)cccc12)c1ccc(Cl)cc1Cl. The molecule has 0 bridgehead atoms. The molecule has 4 aromatic rings. The van der Waals surface area contributed by atoms with E-state index in [0.29, 0.717) is 37.9 Å². The van der Waals surface area contributed by atoms with Gasteiger partial charge in [0.25, 0.3) is 0 Å². The molecule has 2 atom stereocenters. The molecule has 0 spiro atoms. The summed E-state index contributed by atoms with van der Waals surface area (Å²) in [5.41, 5.74) is 2.30. The number of fused-ring (bicyclic) bond motifs is 2. The molecule has 2 aliphatic rings. The van der Waals surface area contributed by atoms with E-state index in [2.05, 4.69) is 4.98 Å². The lowest BCUT2D eigenvalue weighted by molar-refractivity contribution is -0.122. The van der Waals surface area contributed by atoms with Gasteiger partial charge in [-0.2, -0.15) is 0 Å². The maximum atomic E-state index is 13.3. The van der Waals surface area contributed by atoms with Crippen LogP contribution in [0.3, 0.4) is 0 Å². The van der Waals surface area contributed by atoms with Crippen LogP contribution in [0.25, 0.3) is 22.2 Å². The molecule has 0 radical (unpaired) electrons. The molecule has 1 saturated carbocycles. The first-order chi connectivity index (χ1) is 20.2. The van der Waals surface area contributed by atoms with Crippen LogP contribution in [0.5, 0.6) is 0 Å². The van der Waals surface area contributed by atoms with Crippen molar-refractivity contribution in [2.45, 2.75) is 25.7 Å². The Hall–Kier alpha value is -3.78. The monoisotopic (exact) mass is 620 g/mol. The molecule has 212 valence electrons. The van der Waals surface area contributed by atoms with Crippen LogP contribution >= 0.6 is 34.8 Å². The zero-order valence-electron chi connectivity index (χ0n) is 22.1. The Morgan fingerprint density at radius 2 is 1.52 bits per heavy atom. The Labute approximate surface area is 256 Å². The number of ketones is 1. The highest BCUT2D eigenvalue weighted by Gasteiger charge is 2.48. The Bertz CT molecular complexity index is 1750. The highest BCUT2D eigenvalue weighted by atomic mass is 35.5. The average molecular weight is 622 g/mol. The van der Waals surface area contributed by atoms with Crippen LogP contribution in [0.15, 0.2) is 66.7 Å². The van der Waals surface area contributed by atoms with E-state index in [1.54, 1.807) is 48.5 Å². The van der Waals surface area contributed by atoms with Gasteiger partial charge in [-0.15, -0.1) is 0 Å². The maximum Gasteiger partial charge on any atom is 0.339 e. The number of ether oxygens (including phenoxy) is 1. The van der Waals surface area contributed by atoms with E-state index in [1.165, 1.54) is 23.1 Å². The van der Waals surface area contributed by atoms with Crippen LogP contribution in [-0.4, -0.2) is 35.2 Å². The Balaban J connectivity index is 1.29. The van der Waals surface area contributed by atoms with Crippen molar-refractivity contribution in [2.75, 3.05) is 11.5 Å². The number of hydrogen-bond acceptors (Lipinski definition) is 6. The molecular formula is C32H23Cl3N2O5. The van der Waals surface area contributed by atoms with Gasteiger partial charge < -0.3 is 4.74 Å². The first kappa shape index (κ1) is 28.3. The van der Waals surface area contributed by atoms with Gasteiger partial charge in [-0.25, -0.2) is 9.78 Å². The summed E-state index contributed by atoms with van der Waals surface area (Å²) in [6, 6.07) is 17.9. The van der Waals surface area contributed by atoms with Crippen LogP contribution in [0, 0.1) is 11.8 Å². The van der Waals surface area contributed by atoms with Gasteiger partial charge in [0.05, 0.1) is 44.3 Å². The van der Waals surface area contributed by atoms with E-state index in [-0.39, 0.29) is 39.8 Å². The third-order valence-corrected chi connectivity index (χ3v) is 8.69. The second kappa shape index (κ2) is 11.5. The number of hydrogen-bond donors (Lipinski definition) is 0. The van der Waals surface area contributed by atoms with Gasteiger partial charge in [-0.3, -0.25) is 19.3 Å². The van der Waals surface area contributed by atoms with Gasteiger partial charge >= 0.3 is 5.97 Å². The number of benzene rings is 3. The number of anilines is 1. The standard InChI is InChI=1S/C32H23Cl3N2O5/c33-18-10-13-23(26(35)14-18)28(38)16-42-32(41)24-15-27(36-29-20(24)6-3-7-25(29)34)17-8-11-19(12-9-17)37-30(39)21-4-1-2-5-22(21)31(37)40/h3,6-15,21-22H,1-2,4-5,16H2. The molecule has 0 N–H and O–H groups in total. The molecule has 1 aliphatic carbocycles. The molecule has 3 aromatic carbocycles. The minimum atomic E-state index is -0.739. The van der Waals surface area contributed by atoms with Crippen LogP contribution < -0.4 is 4.90 Å². The fourth-order valence-electron chi connectivity index (χ4n) is 5.73. The number of imide groups is 1. The molecule has 2 amide bonds. The first-order valence-corrected chi connectivity index (χ1v) is 14.6. The van der Waals surface area contributed by atoms with Crippen molar-refractivity contribution in [3.05, 3.63) is 92.9 Å². The lowest BCUT2D eigenvalue weighted by Crippen LogP contribution is -2.30. The number of aromatic nitrogens is 1. The van der Waals surface area contributed by atoms with Crippen molar-refractivity contribution in [3.63, 3.8) is 0 Å². The van der Waals surface area contributed by atoms with Crippen LogP contribution in [0.1, 0.15) is 46.4 Å². The van der Waals surface area contributed by atoms with Gasteiger partial charge in [0.2, 0.25) is 17.6 Å². The van der Waals surface area contributed by atoms with E-state index in [0.717, 1.165) is 25.7 Å². The molecule has 2 unspecified atom stereocenters. The van der Waals surface area contributed by atoms with E-state index < -0.39 is 18.4 Å². The summed E-state index contributed by atoms with van der Waals surface area (Å²) in [5, 5.41) is 1.33. The molecule has 42 heavy (non-hydrogen) atoms. The van der Waals surface area contributed by atoms with E-state index in [4.69, 9.17) is 39.5 Å². The van der Waals surface area contributed by atoms with Crippen LogP contribution in [-0.2, 0) is 14.3 Å². The van der Waals surface area contributed by atoms with Gasteiger partial charge in [0.15, 0.2) is 6.61 Å². The average Bonchev–Trinajstić information content (AvgIpc) is 3.25. The predicted octanol–water partition coefficient (Wildman–Crippen LogP) is 7.58. The molecule has 10 heteroatoms. The molecule has 2 heterocycles. The summed E-state index contributed by atoms with van der Waals surface area (Å²) in [6.07, 6.45) is 3.39. The maximum absolute atomic E-state index is 13.3. The minimum Gasteiger partial charge on any atom is -0.454 e. The lowest BCUT2D eigenvalue weighted by Gasteiger charge is -2.19. The second-order valence-electron chi connectivity index (χ2n) is 10.4. The lowest BCUT2D eigenvalue weighted by atomic mass is 9.81. The van der Waals surface area contributed by atoms with Crippen molar-refractivity contribution in [2.24, 2.45) is 11.8 Å². The fraction of sp³-hybridized carbons (Fsp3) is 0.219. The number of nitrogens with zero attached hydrogens (tertiary/aromatic N) is 2. The number of esters is 1. The highest BCUT2D eigenvalue weighted by molar-refractivity contribution is 6.37. The zero-order chi connectivity index (χ0) is 29.5. The molecule has 6 rings (SSSR count). The second-order valence-corrected chi connectivity index (χ2v) is 11.6. The third-order valence-electron chi connectivity index (χ3n) is 7.84. The van der Waals surface area contributed by atoms with Gasteiger partial charge in [0, 0.05) is 21.5 Å². The largest absolute Gasteiger partial charge is 0.454 e. The normalized spacial score (nSPS) is 18.3. The van der Waals surface area contributed by atoms with Gasteiger partial charge in [-0.1, -0.05) is 71.9 Å². The van der Waals surface area contributed by atoms with Crippen molar-refractivity contribution < 1.29 is 23.9 Å². The first-order valence-electron chi connectivity index (χ1n) is 13.5. The quantitative estimate of drug-likeness (QED) is 0.125. The topological polar surface area (TPSA) is 93.6 Å². The number of rotatable bonds is 6. The summed E-state index contributed by atoms with van der Waals surface area (Å²) >= 11 is 18.5. The van der Waals surface area contributed by atoms with Crippen LogP contribution in [0.2, 0.25) is 15.1 Å². The fourth-order valence-corrected chi connectivity index (χ4v) is 6.46. The molecule has 2 fully saturated rings. The molecule has 1 aromatic heterocycles. The summed E-state index contributed by atoms with van der Waals surface area (Å²) in [7, 11) is 0. The zero-order valence-corrected chi connectivity index (χ0v) is 24.4.